The van der Waals surface area contributed by atoms with Crippen LogP contribution < -0.4 is 4.74 Å². The van der Waals surface area contributed by atoms with Crippen molar-refractivity contribution in [1.29, 1.82) is 0 Å². The number of piperidine rings is 1. The van der Waals surface area contributed by atoms with Gasteiger partial charge in [0, 0.05) is 18.7 Å². The number of likely N-dealkylation sites (tertiary alicyclic amines) is 1. The Kier molecular flexibility index (Phi) is 3.02. The summed E-state index contributed by atoms with van der Waals surface area (Å²) < 4.78 is 7.32. The Morgan fingerprint density at radius 3 is 2.81 bits per heavy atom. The maximum atomic E-state index is 12.3. The maximum absolute atomic E-state index is 12.3. The van der Waals surface area contributed by atoms with Gasteiger partial charge in [-0.2, -0.15) is 5.10 Å². The van der Waals surface area contributed by atoms with Crippen LogP contribution in [0.2, 0.25) is 0 Å². The lowest BCUT2D eigenvalue weighted by molar-refractivity contribution is 0.142. The van der Waals surface area contributed by atoms with Crippen LogP contribution in [-0.2, 0) is 0 Å². The van der Waals surface area contributed by atoms with Gasteiger partial charge in [0.15, 0.2) is 11.4 Å². The predicted molar refractivity (Wildman–Crippen MR) is 76.4 cm³/mol. The summed E-state index contributed by atoms with van der Waals surface area (Å²) in [6.07, 6.45) is 8.68. The number of carbonyl (C=O) groups is 1. The Bertz CT molecular complexity index is 671. The quantitative estimate of drug-likeness (QED) is 0.851. The van der Waals surface area contributed by atoms with Crippen molar-refractivity contribution in [3.05, 3.63) is 24.2 Å². The largest absolute Gasteiger partial charge is 0.415 e. The molecule has 6 nitrogen and oxygen atoms in total. The summed E-state index contributed by atoms with van der Waals surface area (Å²) >= 11 is 0. The second-order valence-electron chi connectivity index (χ2n) is 5.85. The number of aromatic nitrogens is 3. The molecule has 6 heteroatoms. The Morgan fingerprint density at radius 2 is 2.05 bits per heavy atom. The van der Waals surface area contributed by atoms with Gasteiger partial charge in [0.05, 0.1) is 6.20 Å². The highest BCUT2D eigenvalue weighted by molar-refractivity contribution is 5.71. The van der Waals surface area contributed by atoms with Crippen LogP contribution in [0.1, 0.15) is 43.6 Å². The van der Waals surface area contributed by atoms with Crippen LogP contribution in [-0.4, -0.2) is 38.7 Å². The van der Waals surface area contributed by atoms with Crippen molar-refractivity contribution in [2.24, 2.45) is 0 Å². The number of ether oxygens (including phenoxy) is 1. The molecule has 2 aliphatic rings. The number of hydrogen-bond donors (Lipinski definition) is 0. The van der Waals surface area contributed by atoms with Crippen molar-refractivity contribution >= 4 is 11.7 Å². The Labute approximate surface area is 122 Å². The van der Waals surface area contributed by atoms with E-state index in [-0.39, 0.29) is 6.09 Å². The Hall–Kier alpha value is -2.11. The summed E-state index contributed by atoms with van der Waals surface area (Å²) in [5, 5.41) is 4.12. The lowest BCUT2D eigenvalue weighted by Gasteiger charge is -2.26. The molecule has 21 heavy (non-hydrogen) atoms. The molecular weight excluding hydrogens is 268 g/mol. The molecule has 0 unspecified atom stereocenters. The van der Waals surface area contributed by atoms with E-state index in [9.17, 15) is 4.79 Å². The van der Waals surface area contributed by atoms with Gasteiger partial charge in [0.1, 0.15) is 6.33 Å². The van der Waals surface area contributed by atoms with E-state index in [2.05, 4.69) is 10.1 Å². The summed E-state index contributed by atoms with van der Waals surface area (Å²) in [7, 11) is 0. The molecule has 110 valence electrons. The molecule has 4 rings (SSSR count). The van der Waals surface area contributed by atoms with Crippen LogP contribution in [0.25, 0.3) is 5.65 Å². The molecule has 0 N–H and O–H groups in total. The zero-order valence-electron chi connectivity index (χ0n) is 11.9. The first-order valence-electron chi connectivity index (χ1n) is 7.61. The molecule has 1 amide bonds. The van der Waals surface area contributed by atoms with E-state index in [1.54, 1.807) is 15.6 Å². The predicted octanol–water partition coefficient (Wildman–Crippen LogP) is 2.59. The number of fused-ring (bicyclic) bond motifs is 1. The van der Waals surface area contributed by atoms with Crippen LogP contribution in [0.5, 0.6) is 5.75 Å². The van der Waals surface area contributed by atoms with Gasteiger partial charge < -0.3 is 9.64 Å². The Balaban J connectivity index is 1.61. The fourth-order valence-corrected chi connectivity index (χ4v) is 2.89. The summed E-state index contributed by atoms with van der Waals surface area (Å²) in [4.78, 5) is 18.3. The fourth-order valence-electron chi connectivity index (χ4n) is 2.89. The molecule has 0 spiro atoms. The minimum Gasteiger partial charge on any atom is -0.408 e. The van der Waals surface area contributed by atoms with Crippen molar-refractivity contribution in [3.8, 4) is 5.75 Å². The van der Waals surface area contributed by atoms with E-state index in [1.165, 1.54) is 12.7 Å². The maximum Gasteiger partial charge on any atom is 0.415 e. The van der Waals surface area contributed by atoms with Crippen LogP contribution in [0, 0.1) is 0 Å². The molecule has 1 aliphatic heterocycles. The van der Waals surface area contributed by atoms with Gasteiger partial charge in [0.25, 0.3) is 0 Å². The van der Waals surface area contributed by atoms with Crippen molar-refractivity contribution in [2.75, 3.05) is 13.1 Å². The zero-order valence-corrected chi connectivity index (χ0v) is 11.9. The van der Waals surface area contributed by atoms with Crippen molar-refractivity contribution < 1.29 is 9.53 Å². The number of rotatable bonds is 2. The third kappa shape index (κ3) is 2.46. The second-order valence-corrected chi connectivity index (χ2v) is 5.85. The van der Waals surface area contributed by atoms with E-state index < -0.39 is 0 Å². The monoisotopic (exact) mass is 286 g/mol. The molecule has 0 atom stereocenters. The van der Waals surface area contributed by atoms with Crippen LogP contribution in [0.3, 0.4) is 0 Å². The normalized spacial score (nSPS) is 19.0. The average molecular weight is 286 g/mol. The highest BCUT2D eigenvalue weighted by atomic mass is 16.6. The first-order valence-corrected chi connectivity index (χ1v) is 7.61. The summed E-state index contributed by atoms with van der Waals surface area (Å²) in [5.41, 5.74) is 1.88. The van der Waals surface area contributed by atoms with Gasteiger partial charge in [-0.3, -0.25) is 0 Å². The first-order chi connectivity index (χ1) is 10.3. The minimum atomic E-state index is -0.240. The van der Waals surface area contributed by atoms with Crippen molar-refractivity contribution in [1.82, 2.24) is 19.5 Å². The van der Waals surface area contributed by atoms with E-state index >= 15 is 0 Å². The van der Waals surface area contributed by atoms with E-state index in [0.29, 0.717) is 11.7 Å². The molecule has 1 saturated heterocycles. The van der Waals surface area contributed by atoms with Gasteiger partial charge in [-0.05, 0) is 44.1 Å². The first kappa shape index (κ1) is 12.6. The average Bonchev–Trinajstić information content (AvgIpc) is 3.26. The second kappa shape index (κ2) is 5.02. The van der Waals surface area contributed by atoms with Crippen LogP contribution >= 0.6 is 0 Å². The third-order valence-corrected chi connectivity index (χ3v) is 4.24. The molecule has 0 radical (unpaired) electrons. The molecule has 0 aromatic carbocycles. The minimum absolute atomic E-state index is 0.240. The van der Waals surface area contributed by atoms with Gasteiger partial charge in [-0.1, -0.05) is 0 Å². The zero-order chi connectivity index (χ0) is 14.2. The van der Waals surface area contributed by atoms with Gasteiger partial charge in [-0.15, -0.1) is 0 Å². The molecule has 0 bridgehead atoms. The fraction of sp³-hybridized carbons (Fsp3) is 0.533. The molecule has 3 heterocycles. The van der Waals surface area contributed by atoms with E-state index in [0.717, 1.165) is 50.0 Å². The number of carbonyl (C=O) groups excluding carboxylic acids is 1. The SMILES string of the molecule is O=C(Oc1cn2ncnc2cc1C1CC1)N1CCCCC1. The Morgan fingerprint density at radius 1 is 1.24 bits per heavy atom. The number of pyridine rings is 1. The third-order valence-electron chi connectivity index (χ3n) is 4.24. The molecule has 2 fully saturated rings. The van der Waals surface area contributed by atoms with Gasteiger partial charge in [-0.25, -0.2) is 14.3 Å². The number of nitrogens with zero attached hydrogens (tertiary/aromatic N) is 4. The standard InChI is InChI=1S/C15H18N4O2/c20-15(18-6-2-1-3-7-18)21-13-9-19-14(16-10-17-19)8-12(13)11-4-5-11/h8-11H,1-7H2. The molecule has 2 aromatic rings. The molecule has 1 saturated carbocycles. The summed E-state index contributed by atoms with van der Waals surface area (Å²) in [5.74, 6) is 1.13. The number of hydrogen-bond acceptors (Lipinski definition) is 4. The smallest absolute Gasteiger partial charge is 0.408 e. The lowest BCUT2D eigenvalue weighted by Crippen LogP contribution is -2.37. The number of amides is 1. The summed E-state index contributed by atoms with van der Waals surface area (Å²) in [6, 6.07) is 1.99. The molecular formula is C15H18N4O2. The van der Waals surface area contributed by atoms with Crippen LogP contribution in [0.15, 0.2) is 18.6 Å². The topological polar surface area (TPSA) is 59.7 Å². The van der Waals surface area contributed by atoms with Gasteiger partial charge in [0.2, 0.25) is 0 Å². The molecule has 1 aliphatic carbocycles. The van der Waals surface area contributed by atoms with Crippen molar-refractivity contribution in [3.63, 3.8) is 0 Å². The lowest BCUT2D eigenvalue weighted by atomic mass is 10.1. The highest BCUT2D eigenvalue weighted by Crippen LogP contribution is 2.44. The van der Waals surface area contributed by atoms with Crippen molar-refractivity contribution in [2.45, 2.75) is 38.0 Å². The highest BCUT2D eigenvalue weighted by Gasteiger charge is 2.29. The van der Waals surface area contributed by atoms with E-state index in [4.69, 9.17) is 4.74 Å². The van der Waals surface area contributed by atoms with Gasteiger partial charge >= 0.3 is 6.09 Å². The summed E-state index contributed by atoms with van der Waals surface area (Å²) in [6.45, 7) is 1.59. The van der Waals surface area contributed by atoms with E-state index in [1.807, 2.05) is 6.07 Å². The molecule has 2 aromatic heterocycles. The van der Waals surface area contributed by atoms with Crippen LogP contribution in [0.4, 0.5) is 4.79 Å².